The highest BCUT2D eigenvalue weighted by Gasteiger charge is 2.58. The number of piperidine rings is 1. The molecule has 1 unspecified atom stereocenters. The largest absolute Gasteiger partial charge is 0.420 e. The summed E-state index contributed by atoms with van der Waals surface area (Å²) in [4.78, 5) is 6.64. The molecule has 5 rings (SSSR count). The Labute approximate surface area is 157 Å². The second-order valence-electron chi connectivity index (χ2n) is 7.40. The van der Waals surface area contributed by atoms with Gasteiger partial charge in [-0.3, -0.25) is 0 Å². The zero-order chi connectivity index (χ0) is 18.3. The Bertz CT molecular complexity index is 999. The van der Waals surface area contributed by atoms with Gasteiger partial charge in [0.15, 0.2) is 0 Å². The molecule has 1 saturated carbocycles. The van der Waals surface area contributed by atoms with E-state index in [9.17, 15) is 5.26 Å². The van der Waals surface area contributed by atoms with Gasteiger partial charge in [0.1, 0.15) is 11.9 Å². The topological polar surface area (TPSA) is 78.8 Å². The molecule has 0 bridgehead atoms. The lowest BCUT2D eigenvalue weighted by Crippen LogP contribution is -2.36. The zero-order valence-corrected chi connectivity index (χ0v) is 14.9. The molecule has 6 nitrogen and oxygen atoms in total. The molecule has 6 heteroatoms. The van der Waals surface area contributed by atoms with Gasteiger partial charge in [-0.15, -0.1) is 10.2 Å². The van der Waals surface area contributed by atoms with E-state index in [0.29, 0.717) is 17.4 Å². The number of aromatic nitrogens is 3. The Hall–Kier alpha value is -3.20. The van der Waals surface area contributed by atoms with Gasteiger partial charge in [0.25, 0.3) is 0 Å². The molecular formula is C21H19N5O. The fraction of sp³-hybridized carbons (Fsp3) is 0.333. The van der Waals surface area contributed by atoms with E-state index in [1.165, 1.54) is 0 Å². The second kappa shape index (κ2) is 6.20. The van der Waals surface area contributed by atoms with E-state index < -0.39 is 0 Å². The lowest BCUT2D eigenvalue weighted by atomic mass is 9.90. The number of pyridine rings is 1. The van der Waals surface area contributed by atoms with Gasteiger partial charge < -0.3 is 9.32 Å². The number of hydrogen-bond acceptors (Lipinski definition) is 6. The first kappa shape index (κ1) is 16.0. The van der Waals surface area contributed by atoms with Crippen molar-refractivity contribution < 1.29 is 4.42 Å². The predicted molar refractivity (Wildman–Crippen MR) is 99.9 cm³/mol. The highest BCUT2D eigenvalue weighted by molar-refractivity contribution is 5.54. The molecule has 1 aliphatic carbocycles. The Balaban J connectivity index is 1.29. The van der Waals surface area contributed by atoms with E-state index in [2.05, 4.69) is 26.2 Å². The molecule has 1 saturated heterocycles. The Morgan fingerprint density at radius 3 is 2.67 bits per heavy atom. The van der Waals surface area contributed by atoms with Crippen LogP contribution in [0.5, 0.6) is 0 Å². The quantitative estimate of drug-likeness (QED) is 0.710. The number of nitriles is 1. The first-order valence-corrected chi connectivity index (χ1v) is 9.28. The maximum absolute atomic E-state index is 9.31. The molecule has 2 fully saturated rings. The van der Waals surface area contributed by atoms with Gasteiger partial charge in [0, 0.05) is 30.8 Å². The lowest BCUT2D eigenvalue weighted by molar-refractivity contribution is 0.352. The molecule has 1 aliphatic heterocycles. The molecule has 27 heavy (non-hydrogen) atoms. The van der Waals surface area contributed by atoms with Gasteiger partial charge in [0.2, 0.25) is 11.8 Å². The van der Waals surface area contributed by atoms with Crippen molar-refractivity contribution in [2.45, 2.75) is 25.2 Å². The molecule has 1 atom stereocenters. The normalized spacial score (nSPS) is 20.4. The van der Waals surface area contributed by atoms with E-state index in [4.69, 9.17) is 4.42 Å². The van der Waals surface area contributed by atoms with Crippen LogP contribution < -0.4 is 4.90 Å². The SMILES string of the molecule is N#Cc1cccnc1N1CCC2(CC1)CC2c1nnc(-c2ccccc2)o1. The van der Waals surface area contributed by atoms with Crippen LogP contribution in [0, 0.1) is 16.7 Å². The summed E-state index contributed by atoms with van der Waals surface area (Å²) in [5, 5.41) is 17.9. The van der Waals surface area contributed by atoms with Crippen LogP contribution in [0.3, 0.4) is 0 Å². The van der Waals surface area contributed by atoms with Crippen molar-refractivity contribution in [2.24, 2.45) is 5.41 Å². The van der Waals surface area contributed by atoms with Crippen LogP contribution in [0.4, 0.5) is 5.82 Å². The molecule has 0 N–H and O–H groups in total. The van der Waals surface area contributed by atoms with E-state index in [1.54, 1.807) is 6.20 Å². The molecule has 134 valence electrons. The van der Waals surface area contributed by atoms with Crippen LogP contribution in [0.15, 0.2) is 53.1 Å². The van der Waals surface area contributed by atoms with Crippen LogP contribution in [-0.2, 0) is 0 Å². The summed E-state index contributed by atoms with van der Waals surface area (Å²) < 4.78 is 5.98. The first-order chi connectivity index (χ1) is 13.3. The Kier molecular flexibility index (Phi) is 3.68. The zero-order valence-electron chi connectivity index (χ0n) is 14.9. The number of hydrogen-bond donors (Lipinski definition) is 0. The van der Waals surface area contributed by atoms with Crippen LogP contribution in [-0.4, -0.2) is 28.3 Å². The average molecular weight is 357 g/mol. The van der Waals surface area contributed by atoms with Crippen molar-refractivity contribution in [3.05, 3.63) is 60.1 Å². The van der Waals surface area contributed by atoms with Crippen molar-refractivity contribution in [1.29, 1.82) is 5.26 Å². The minimum absolute atomic E-state index is 0.262. The van der Waals surface area contributed by atoms with E-state index >= 15 is 0 Å². The van der Waals surface area contributed by atoms with Crippen molar-refractivity contribution in [1.82, 2.24) is 15.2 Å². The molecule has 0 radical (unpaired) electrons. The van der Waals surface area contributed by atoms with Gasteiger partial charge in [-0.05, 0) is 48.9 Å². The van der Waals surface area contributed by atoms with Gasteiger partial charge in [-0.2, -0.15) is 5.26 Å². The number of nitrogens with zero attached hydrogens (tertiary/aromatic N) is 5. The third kappa shape index (κ3) is 2.76. The minimum atomic E-state index is 0.262. The molecule has 3 aromatic rings. The third-order valence-electron chi connectivity index (χ3n) is 5.92. The minimum Gasteiger partial charge on any atom is -0.420 e. The van der Waals surface area contributed by atoms with Crippen LogP contribution >= 0.6 is 0 Å². The summed E-state index contributed by atoms with van der Waals surface area (Å²) in [6.45, 7) is 1.81. The summed E-state index contributed by atoms with van der Waals surface area (Å²) in [6, 6.07) is 15.8. The van der Waals surface area contributed by atoms with Crippen molar-refractivity contribution in [2.75, 3.05) is 18.0 Å². The fourth-order valence-corrected chi connectivity index (χ4v) is 4.22. The van der Waals surface area contributed by atoms with E-state index in [1.807, 2.05) is 42.5 Å². The van der Waals surface area contributed by atoms with Crippen LogP contribution in [0.1, 0.15) is 36.6 Å². The van der Waals surface area contributed by atoms with Gasteiger partial charge in [-0.1, -0.05) is 18.2 Å². The molecule has 0 amide bonds. The predicted octanol–water partition coefficient (Wildman–Crippen LogP) is 3.78. The molecule has 2 aliphatic rings. The van der Waals surface area contributed by atoms with Crippen LogP contribution in [0.2, 0.25) is 0 Å². The highest BCUT2D eigenvalue weighted by Crippen LogP contribution is 2.64. The second-order valence-corrected chi connectivity index (χ2v) is 7.40. The summed E-state index contributed by atoms with van der Waals surface area (Å²) in [5.41, 5.74) is 1.86. The van der Waals surface area contributed by atoms with Crippen molar-refractivity contribution >= 4 is 5.82 Å². The van der Waals surface area contributed by atoms with Gasteiger partial charge in [0.05, 0.1) is 5.56 Å². The van der Waals surface area contributed by atoms with Crippen molar-refractivity contribution in [3.8, 4) is 17.5 Å². The molecule has 3 heterocycles. The maximum Gasteiger partial charge on any atom is 0.247 e. The first-order valence-electron chi connectivity index (χ1n) is 9.28. The summed E-state index contributed by atoms with van der Waals surface area (Å²) in [7, 11) is 0. The fourth-order valence-electron chi connectivity index (χ4n) is 4.22. The number of rotatable bonds is 3. The van der Waals surface area contributed by atoms with E-state index in [-0.39, 0.29) is 5.41 Å². The monoisotopic (exact) mass is 357 g/mol. The smallest absolute Gasteiger partial charge is 0.247 e. The third-order valence-corrected chi connectivity index (χ3v) is 5.92. The summed E-state index contributed by atoms with van der Waals surface area (Å²) >= 11 is 0. The van der Waals surface area contributed by atoms with Gasteiger partial charge >= 0.3 is 0 Å². The van der Waals surface area contributed by atoms with E-state index in [0.717, 1.165) is 49.6 Å². The lowest BCUT2D eigenvalue weighted by Gasteiger charge is -2.33. The van der Waals surface area contributed by atoms with Gasteiger partial charge in [-0.25, -0.2) is 4.98 Å². The summed E-state index contributed by atoms with van der Waals surface area (Å²) in [5.74, 6) is 2.51. The molecular weight excluding hydrogens is 338 g/mol. The van der Waals surface area contributed by atoms with Crippen LogP contribution in [0.25, 0.3) is 11.5 Å². The number of anilines is 1. The standard InChI is InChI=1S/C21H19N5O/c22-14-16-7-4-10-23-18(16)26-11-8-21(9-12-26)13-17(21)20-25-24-19(27-20)15-5-2-1-3-6-15/h1-7,10,17H,8-9,11-13H2. The molecule has 1 spiro atoms. The molecule has 1 aromatic carbocycles. The number of benzene rings is 1. The highest BCUT2D eigenvalue weighted by atomic mass is 16.4. The molecule has 2 aromatic heterocycles. The Morgan fingerprint density at radius 1 is 1.07 bits per heavy atom. The maximum atomic E-state index is 9.31. The summed E-state index contributed by atoms with van der Waals surface area (Å²) in [6.07, 6.45) is 4.97. The van der Waals surface area contributed by atoms with Crippen molar-refractivity contribution in [3.63, 3.8) is 0 Å². The Morgan fingerprint density at radius 2 is 1.89 bits per heavy atom. The average Bonchev–Trinajstić information content (AvgIpc) is 3.20.